The predicted molar refractivity (Wildman–Crippen MR) is 151 cm³/mol. The van der Waals surface area contributed by atoms with E-state index in [9.17, 15) is 23.6 Å². The van der Waals surface area contributed by atoms with Gasteiger partial charge in [-0.15, -0.1) is 0 Å². The molecule has 4 rings (SSSR count). The average Bonchev–Trinajstić information content (AvgIpc) is 3.43. The Morgan fingerprint density at radius 1 is 0.810 bits per heavy atom. The molecule has 0 radical (unpaired) electrons. The number of nitrogens with one attached hydrogen (secondary N) is 1. The summed E-state index contributed by atoms with van der Waals surface area (Å²) in [5, 5.41) is 31.2. The van der Waals surface area contributed by atoms with E-state index >= 15 is 0 Å². The van der Waals surface area contributed by atoms with Crippen molar-refractivity contribution in [3.8, 4) is 11.4 Å². The number of aromatic amines is 1. The molecule has 2 aromatic carbocycles. The van der Waals surface area contributed by atoms with Crippen molar-refractivity contribution in [3.05, 3.63) is 102 Å². The molecule has 3 aromatic rings. The molecule has 42 heavy (non-hydrogen) atoms. The van der Waals surface area contributed by atoms with Crippen LogP contribution in [0.2, 0.25) is 0 Å². The van der Waals surface area contributed by atoms with Gasteiger partial charge in [-0.1, -0.05) is 42.5 Å². The highest BCUT2D eigenvalue weighted by atomic mass is 19.1. The summed E-state index contributed by atoms with van der Waals surface area (Å²) < 4.78 is 13.0. The monoisotopic (exact) mass is 581 g/mol. The molecule has 0 spiro atoms. The summed E-state index contributed by atoms with van der Waals surface area (Å²) in [5.41, 5.74) is 3.53. The number of likely N-dealkylation sites (tertiary alicyclic amines) is 1. The first kappa shape index (κ1) is 33.1. The van der Waals surface area contributed by atoms with Crippen molar-refractivity contribution >= 4 is 23.9 Å². The quantitative estimate of drug-likeness (QED) is 0.231. The number of halogens is 1. The maximum atomic E-state index is 13.0. The lowest BCUT2D eigenvalue weighted by atomic mass is 9.90. The first-order valence-electron chi connectivity index (χ1n) is 12.9. The SMILES string of the molecule is Fc1ccc(CC2CCN(Cc3cnc(-c4ccccc4)[nH]3)CC2)cc1.O=C(O)/C=C\C(=O)O.O=C(O)/C=C\C(=O)O. The number of nitrogens with zero attached hydrogens (tertiary/aromatic N) is 2. The summed E-state index contributed by atoms with van der Waals surface area (Å²) in [6, 6.07) is 17.2. The van der Waals surface area contributed by atoms with E-state index in [1.165, 1.54) is 24.1 Å². The molecule has 1 aliphatic heterocycles. The highest BCUT2D eigenvalue weighted by Gasteiger charge is 2.20. The molecule has 0 atom stereocenters. The summed E-state index contributed by atoms with van der Waals surface area (Å²) in [6.45, 7) is 3.13. The van der Waals surface area contributed by atoms with E-state index in [1.54, 1.807) is 12.1 Å². The number of carboxylic acids is 4. The van der Waals surface area contributed by atoms with Gasteiger partial charge in [0.1, 0.15) is 11.6 Å². The number of imidazole rings is 1. The molecule has 1 aliphatic rings. The van der Waals surface area contributed by atoms with Crippen LogP contribution in [0.25, 0.3) is 11.4 Å². The standard InChI is InChI=1S/C22H24FN3.2C4H4O4/c23-20-8-6-17(7-9-20)14-18-10-12-26(13-11-18)16-21-15-24-22(25-21)19-4-2-1-3-5-19;2*5-3(6)1-2-4(7)8/h1-9,15,18H,10-14,16H2,(H,24,25);2*1-2H,(H,5,6)(H,7,8)/b;2*2-1-. The molecule has 0 saturated carbocycles. The van der Waals surface area contributed by atoms with Crippen molar-refractivity contribution in [1.82, 2.24) is 14.9 Å². The van der Waals surface area contributed by atoms with Crippen LogP contribution in [0.5, 0.6) is 0 Å². The summed E-state index contributed by atoms with van der Waals surface area (Å²) in [7, 11) is 0. The Bertz CT molecular complexity index is 1300. The zero-order valence-electron chi connectivity index (χ0n) is 22.6. The maximum Gasteiger partial charge on any atom is 0.328 e. The first-order valence-corrected chi connectivity index (χ1v) is 12.9. The number of piperidine rings is 1. The minimum absolute atomic E-state index is 0.155. The van der Waals surface area contributed by atoms with Crippen molar-refractivity contribution in [1.29, 1.82) is 0 Å². The number of carbonyl (C=O) groups is 4. The number of aliphatic carboxylic acids is 4. The van der Waals surface area contributed by atoms with Gasteiger partial charge in [-0.05, 0) is 56.0 Å². The van der Waals surface area contributed by atoms with E-state index in [-0.39, 0.29) is 5.82 Å². The second-order valence-corrected chi connectivity index (χ2v) is 9.19. The Hall–Kier alpha value is -5.10. The van der Waals surface area contributed by atoms with Gasteiger partial charge in [0.25, 0.3) is 0 Å². The zero-order chi connectivity index (χ0) is 30.9. The highest BCUT2D eigenvalue weighted by molar-refractivity contribution is 5.90. The number of benzene rings is 2. The lowest BCUT2D eigenvalue weighted by molar-refractivity contribution is -0.134. The van der Waals surface area contributed by atoms with E-state index < -0.39 is 23.9 Å². The van der Waals surface area contributed by atoms with Crippen molar-refractivity contribution in [3.63, 3.8) is 0 Å². The molecule has 1 aromatic heterocycles. The third kappa shape index (κ3) is 13.8. The second-order valence-electron chi connectivity index (χ2n) is 9.19. The number of H-pyrrole nitrogens is 1. The maximum absolute atomic E-state index is 13.0. The van der Waals surface area contributed by atoms with Gasteiger partial charge in [0.2, 0.25) is 0 Å². The lowest BCUT2D eigenvalue weighted by Crippen LogP contribution is -2.33. The fourth-order valence-corrected chi connectivity index (χ4v) is 4.01. The van der Waals surface area contributed by atoms with Crippen LogP contribution in [0.3, 0.4) is 0 Å². The third-order valence-electron chi connectivity index (χ3n) is 5.95. The molecule has 11 nitrogen and oxygen atoms in total. The molecule has 0 aliphatic carbocycles. The third-order valence-corrected chi connectivity index (χ3v) is 5.95. The topological polar surface area (TPSA) is 181 Å². The molecular weight excluding hydrogens is 549 g/mol. The molecule has 1 saturated heterocycles. The Labute approximate surface area is 241 Å². The van der Waals surface area contributed by atoms with Gasteiger partial charge in [-0.2, -0.15) is 0 Å². The normalized spacial score (nSPS) is 13.5. The van der Waals surface area contributed by atoms with Gasteiger partial charge in [0, 0.05) is 48.3 Å². The Balaban J connectivity index is 0.000000319. The van der Waals surface area contributed by atoms with Crippen molar-refractivity contribution < 1.29 is 44.0 Å². The molecule has 12 heteroatoms. The number of rotatable bonds is 9. The minimum Gasteiger partial charge on any atom is -0.478 e. The molecule has 1 fully saturated rings. The highest BCUT2D eigenvalue weighted by Crippen LogP contribution is 2.23. The largest absolute Gasteiger partial charge is 0.478 e. The molecular formula is C30H32FN3O8. The number of hydrogen-bond donors (Lipinski definition) is 5. The molecule has 222 valence electrons. The summed E-state index contributed by atoms with van der Waals surface area (Å²) in [4.78, 5) is 48.7. The van der Waals surface area contributed by atoms with E-state index in [2.05, 4.69) is 27.0 Å². The Morgan fingerprint density at radius 3 is 1.79 bits per heavy atom. The van der Waals surface area contributed by atoms with E-state index in [1.807, 2.05) is 36.5 Å². The summed E-state index contributed by atoms with van der Waals surface area (Å²) >= 11 is 0. The number of carboxylic acid groups (broad SMARTS) is 4. The van der Waals surface area contributed by atoms with Gasteiger partial charge in [0.05, 0.1) is 0 Å². The van der Waals surface area contributed by atoms with Crippen LogP contribution in [0.1, 0.15) is 24.1 Å². The molecule has 2 heterocycles. The fourth-order valence-electron chi connectivity index (χ4n) is 4.01. The van der Waals surface area contributed by atoms with Gasteiger partial charge < -0.3 is 25.4 Å². The zero-order valence-corrected chi connectivity index (χ0v) is 22.6. The van der Waals surface area contributed by atoms with Gasteiger partial charge in [-0.25, -0.2) is 28.6 Å². The van der Waals surface area contributed by atoms with Gasteiger partial charge in [-0.3, -0.25) is 4.90 Å². The van der Waals surface area contributed by atoms with Gasteiger partial charge in [0.15, 0.2) is 0 Å². The summed E-state index contributed by atoms with van der Waals surface area (Å²) in [5.74, 6) is -3.55. The van der Waals surface area contributed by atoms with Crippen LogP contribution in [0.4, 0.5) is 4.39 Å². The smallest absolute Gasteiger partial charge is 0.328 e. The Morgan fingerprint density at radius 2 is 1.31 bits per heavy atom. The van der Waals surface area contributed by atoms with E-state index in [4.69, 9.17) is 20.4 Å². The lowest BCUT2D eigenvalue weighted by Gasteiger charge is -2.31. The number of aromatic nitrogens is 2. The average molecular weight is 582 g/mol. The van der Waals surface area contributed by atoms with Crippen molar-refractivity contribution in [2.45, 2.75) is 25.8 Å². The number of hydrogen-bond acceptors (Lipinski definition) is 6. The van der Waals surface area contributed by atoms with Crippen LogP contribution >= 0.6 is 0 Å². The molecule has 0 bridgehead atoms. The predicted octanol–water partition coefficient (Wildman–Crippen LogP) is 4.09. The molecule has 5 N–H and O–H groups in total. The summed E-state index contributed by atoms with van der Waals surface area (Å²) in [6.07, 6.45) is 7.62. The second kappa shape index (κ2) is 17.6. The Kier molecular flexibility index (Phi) is 13.8. The fraction of sp³-hybridized carbons (Fsp3) is 0.233. The van der Waals surface area contributed by atoms with Crippen LogP contribution in [0.15, 0.2) is 85.1 Å². The van der Waals surface area contributed by atoms with Gasteiger partial charge >= 0.3 is 23.9 Å². The van der Waals surface area contributed by atoms with Crippen molar-refractivity contribution in [2.24, 2.45) is 5.92 Å². The van der Waals surface area contributed by atoms with E-state index in [0.29, 0.717) is 30.2 Å². The first-order chi connectivity index (χ1) is 20.0. The molecule has 0 amide bonds. The van der Waals surface area contributed by atoms with Crippen LogP contribution in [0, 0.1) is 11.7 Å². The van der Waals surface area contributed by atoms with E-state index in [0.717, 1.165) is 37.4 Å². The molecule has 0 unspecified atom stereocenters. The minimum atomic E-state index is -1.26. The van der Waals surface area contributed by atoms with Crippen molar-refractivity contribution in [2.75, 3.05) is 13.1 Å². The van der Waals surface area contributed by atoms with Crippen LogP contribution in [-0.2, 0) is 32.1 Å². The van der Waals surface area contributed by atoms with Crippen LogP contribution in [-0.4, -0.2) is 72.3 Å². The van der Waals surface area contributed by atoms with Crippen LogP contribution < -0.4 is 0 Å².